The van der Waals surface area contributed by atoms with Crippen LogP contribution < -0.4 is 4.74 Å². The second-order valence-electron chi connectivity index (χ2n) is 7.18. The van der Waals surface area contributed by atoms with E-state index in [1.165, 1.54) is 6.92 Å². The van der Waals surface area contributed by atoms with Gasteiger partial charge in [-0.05, 0) is 38.0 Å². The number of nitrogens with zero attached hydrogens (tertiary/aromatic N) is 6. The minimum atomic E-state index is -4.52. The molecule has 0 amide bonds. The molecular formula is C21H21F3N6OS2. The number of aromatic nitrogens is 6. The first-order chi connectivity index (χ1) is 15.8. The summed E-state index contributed by atoms with van der Waals surface area (Å²) in [5, 5.41) is 14.8. The van der Waals surface area contributed by atoms with Gasteiger partial charge in [-0.2, -0.15) is 18.3 Å². The summed E-state index contributed by atoms with van der Waals surface area (Å²) in [6.07, 6.45) is -2.67. The minimum absolute atomic E-state index is 0.126. The lowest BCUT2D eigenvalue weighted by molar-refractivity contribution is -0.142. The molecule has 33 heavy (non-hydrogen) atoms. The van der Waals surface area contributed by atoms with E-state index in [-0.39, 0.29) is 10.8 Å². The van der Waals surface area contributed by atoms with E-state index in [0.29, 0.717) is 18.1 Å². The van der Waals surface area contributed by atoms with Gasteiger partial charge >= 0.3 is 6.18 Å². The second-order valence-corrected chi connectivity index (χ2v) is 9.08. The van der Waals surface area contributed by atoms with Crippen LogP contribution in [-0.4, -0.2) is 41.9 Å². The van der Waals surface area contributed by atoms with Gasteiger partial charge in [0.2, 0.25) is 5.13 Å². The molecule has 0 N–H and O–H groups in total. The van der Waals surface area contributed by atoms with Crippen molar-refractivity contribution in [3.8, 4) is 22.4 Å². The van der Waals surface area contributed by atoms with Crippen LogP contribution in [0.5, 0.6) is 5.75 Å². The van der Waals surface area contributed by atoms with Crippen LogP contribution in [0.2, 0.25) is 0 Å². The van der Waals surface area contributed by atoms with Gasteiger partial charge in [0.05, 0.1) is 12.3 Å². The molecule has 4 rings (SSSR count). The van der Waals surface area contributed by atoms with Crippen molar-refractivity contribution in [2.24, 2.45) is 7.05 Å². The number of alkyl halides is 3. The zero-order chi connectivity index (χ0) is 23.4. The van der Waals surface area contributed by atoms with Gasteiger partial charge in [0, 0.05) is 18.2 Å². The molecule has 174 valence electrons. The third-order valence-corrected chi connectivity index (χ3v) is 6.56. The number of hydrogen-bond donors (Lipinski definition) is 0. The Bertz CT molecular complexity index is 1200. The SMILES string of the molecule is Cc1cc(C(F)(F)F)n(-c2nc(-c3nnc(SCCCCOc4ccccc4)n3C)cs2)n1. The molecule has 3 heterocycles. The molecular weight excluding hydrogens is 473 g/mol. The molecule has 0 saturated heterocycles. The van der Waals surface area contributed by atoms with Crippen molar-refractivity contribution >= 4 is 23.1 Å². The van der Waals surface area contributed by atoms with Gasteiger partial charge < -0.3 is 9.30 Å². The molecule has 0 spiro atoms. The fourth-order valence-corrected chi connectivity index (χ4v) is 4.72. The fourth-order valence-electron chi connectivity index (χ4n) is 3.05. The van der Waals surface area contributed by atoms with Gasteiger partial charge in [-0.15, -0.1) is 21.5 Å². The van der Waals surface area contributed by atoms with Crippen LogP contribution in [0.3, 0.4) is 0 Å². The molecule has 7 nitrogen and oxygen atoms in total. The smallest absolute Gasteiger partial charge is 0.433 e. The first-order valence-corrected chi connectivity index (χ1v) is 12.0. The van der Waals surface area contributed by atoms with Crippen molar-refractivity contribution in [3.63, 3.8) is 0 Å². The van der Waals surface area contributed by atoms with E-state index >= 15 is 0 Å². The van der Waals surface area contributed by atoms with E-state index in [2.05, 4.69) is 20.3 Å². The van der Waals surface area contributed by atoms with Crippen LogP contribution in [0.1, 0.15) is 24.2 Å². The van der Waals surface area contributed by atoms with Crippen LogP contribution in [0.25, 0.3) is 16.6 Å². The van der Waals surface area contributed by atoms with Crippen LogP contribution in [0, 0.1) is 6.92 Å². The molecule has 1 aromatic carbocycles. The Hall–Kier alpha value is -2.86. The molecule has 0 radical (unpaired) electrons. The highest BCUT2D eigenvalue weighted by Crippen LogP contribution is 2.33. The summed E-state index contributed by atoms with van der Waals surface area (Å²) >= 11 is 2.64. The normalized spacial score (nSPS) is 11.8. The molecule has 0 unspecified atom stereocenters. The lowest BCUT2D eigenvalue weighted by atomic mass is 10.3. The Morgan fingerprint density at radius 2 is 1.91 bits per heavy atom. The Kier molecular flexibility index (Phi) is 7.03. The molecule has 0 bridgehead atoms. The molecule has 0 fully saturated rings. The topological polar surface area (TPSA) is 70.7 Å². The van der Waals surface area contributed by atoms with E-state index in [4.69, 9.17) is 4.74 Å². The van der Waals surface area contributed by atoms with Crippen LogP contribution in [0.4, 0.5) is 13.2 Å². The maximum absolute atomic E-state index is 13.3. The van der Waals surface area contributed by atoms with E-state index in [9.17, 15) is 13.2 Å². The molecule has 3 aromatic heterocycles. The van der Waals surface area contributed by atoms with Crippen molar-refractivity contribution in [1.82, 2.24) is 29.5 Å². The molecule has 0 aliphatic heterocycles. The van der Waals surface area contributed by atoms with Crippen molar-refractivity contribution in [3.05, 3.63) is 53.2 Å². The first-order valence-electron chi connectivity index (χ1n) is 10.1. The number of benzene rings is 1. The third-order valence-electron chi connectivity index (χ3n) is 4.64. The Balaban J connectivity index is 1.35. The van der Waals surface area contributed by atoms with E-state index in [1.807, 2.05) is 37.4 Å². The summed E-state index contributed by atoms with van der Waals surface area (Å²) in [5.74, 6) is 2.19. The Labute approximate surface area is 196 Å². The van der Waals surface area contributed by atoms with Gasteiger partial charge in [0.25, 0.3) is 0 Å². The van der Waals surface area contributed by atoms with Crippen molar-refractivity contribution in [1.29, 1.82) is 0 Å². The average Bonchev–Trinajstić information content (AvgIpc) is 3.49. The quantitative estimate of drug-likeness (QED) is 0.229. The molecule has 0 atom stereocenters. The maximum Gasteiger partial charge on any atom is 0.433 e. The third kappa shape index (κ3) is 5.56. The Morgan fingerprint density at radius 1 is 1.12 bits per heavy atom. The maximum atomic E-state index is 13.3. The number of thiazole rings is 1. The minimum Gasteiger partial charge on any atom is -0.494 e. The van der Waals surface area contributed by atoms with Gasteiger partial charge in [-0.1, -0.05) is 30.0 Å². The number of aryl methyl sites for hydroxylation is 1. The molecule has 0 aliphatic carbocycles. The lowest BCUT2D eigenvalue weighted by Gasteiger charge is -2.07. The predicted molar refractivity (Wildman–Crippen MR) is 121 cm³/mol. The number of unbranched alkanes of at least 4 members (excludes halogenated alkanes) is 1. The summed E-state index contributed by atoms with van der Waals surface area (Å²) in [7, 11) is 1.81. The number of rotatable bonds is 9. The zero-order valence-electron chi connectivity index (χ0n) is 17.9. The number of ether oxygens (including phenoxy) is 1. The highest BCUT2D eigenvalue weighted by molar-refractivity contribution is 7.99. The summed E-state index contributed by atoms with van der Waals surface area (Å²) in [4.78, 5) is 4.33. The van der Waals surface area contributed by atoms with Gasteiger partial charge in [-0.3, -0.25) is 0 Å². The van der Waals surface area contributed by atoms with Crippen LogP contribution in [-0.2, 0) is 13.2 Å². The second kappa shape index (κ2) is 9.96. The van der Waals surface area contributed by atoms with Crippen molar-refractivity contribution in [2.75, 3.05) is 12.4 Å². The van der Waals surface area contributed by atoms with Gasteiger partial charge in [-0.25, -0.2) is 9.67 Å². The van der Waals surface area contributed by atoms with Crippen LogP contribution >= 0.6 is 23.1 Å². The molecule has 0 saturated carbocycles. The first kappa shape index (κ1) is 23.3. The summed E-state index contributed by atoms with van der Waals surface area (Å²) in [6.45, 7) is 2.16. The molecule has 0 aliphatic rings. The van der Waals surface area contributed by atoms with Crippen molar-refractivity contribution < 1.29 is 17.9 Å². The standard InChI is InChI=1S/C21H21F3N6OS2/c1-14-12-17(21(22,23)24)30(28-14)19-25-16(13-33-19)18-26-27-20(29(18)2)32-11-7-6-10-31-15-8-4-3-5-9-15/h3-5,8-9,12-13H,6-7,10-11H2,1-2H3. The predicted octanol–water partition coefficient (Wildman–Crippen LogP) is 5.40. The summed E-state index contributed by atoms with van der Waals surface area (Å²) in [6, 6.07) is 10.7. The number of hydrogen-bond acceptors (Lipinski definition) is 7. The average molecular weight is 495 g/mol. The lowest BCUT2D eigenvalue weighted by Crippen LogP contribution is -2.13. The number of halogens is 3. The highest BCUT2D eigenvalue weighted by atomic mass is 32.2. The summed E-state index contributed by atoms with van der Waals surface area (Å²) < 4.78 is 48.2. The van der Waals surface area contributed by atoms with Crippen molar-refractivity contribution in [2.45, 2.75) is 31.1 Å². The zero-order valence-corrected chi connectivity index (χ0v) is 19.5. The number of para-hydroxylation sites is 1. The van der Waals surface area contributed by atoms with E-state index in [0.717, 1.165) is 51.6 Å². The number of thioether (sulfide) groups is 1. The van der Waals surface area contributed by atoms with E-state index < -0.39 is 11.9 Å². The highest BCUT2D eigenvalue weighted by Gasteiger charge is 2.36. The Morgan fingerprint density at radius 3 is 2.67 bits per heavy atom. The summed E-state index contributed by atoms with van der Waals surface area (Å²) in [5.41, 5.74) is -0.133. The van der Waals surface area contributed by atoms with E-state index in [1.54, 1.807) is 21.7 Å². The van der Waals surface area contributed by atoms with Crippen LogP contribution in [0.15, 0.2) is 46.9 Å². The van der Waals surface area contributed by atoms with Gasteiger partial charge in [0.15, 0.2) is 16.7 Å². The fraction of sp³-hybridized carbons (Fsp3) is 0.333. The van der Waals surface area contributed by atoms with Gasteiger partial charge in [0.1, 0.15) is 11.4 Å². The molecule has 12 heteroatoms. The monoisotopic (exact) mass is 494 g/mol. The largest absolute Gasteiger partial charge is 0.494 e. The molecule has 4 aromatic rings.